The van der Waals surface area contributed by atoms with Crippen LogP contribution in [0.5, 0.6) is 0 Å². The highest BCUT2D eigenvalue weighted by atomic mass is 79.9. The van der Waals surface area contributed by atoms with Crippen LogP contribution in [0.2, 0.25) is 5.02 Å². The van der Waals surface area contributed by atoms with E-state index in [-0.39, 0.29) is 0 Å². The molecule has 0 N–H and O–H groups in total. The first kappa shape index (κ1) is 10.6. The van der Waals surface area contributed by atoms with Gasteiger partial charge in [0.15, 0.2) is 5.82 Å². The van der Waals surface area contributed by atoms with Gasteiger partial charge in [-0.2, -0.15) is 0 Å². The minimum Gasteiger partial charge on any atom is -0.286 e. The van der Waals surface area contributed by atoms with E-state index in [1.54, 1.807) is 12.5 Å². The summed E-state index contributed by atoms with van der Waals surface area (Å²) in [6, 6.07) is 1.82. The van der Waals surface area contributed by atoms with Crippen LogP contribution in [0, 0.1) is 13.8 Å². The average molecular weight is 287 g/mol. The van der Waals surface area contributed by atoms with Crippen LogP contribution in [-0.4, -0.2) is 14.5 Å². The maximum absolute atomic E-state index is 6.10. The molecule has 0 saturated heterocycles. The third kappa shape index (κ3) is 1.92. The molecule has 0 aromatic carbocycles. The zero-order chi connectivity index (χ0) is 11.0. The Bertz CT molecular complexity index is 507. The molecule has 0 amide bonds. The molecule has 2 rings (SSSR count). The predicted octanol–water partition coefficient (Wildman–Crippen LogP) is 3.30. The van der Waals surface area contributed by atoms with E-state index in [2.05, 4.69) is 25.9 Å². The summed E-state index contributed by atoms with van der Waals surface area (Å²) >= 11 is 9.42. The summed E-state index contributed by atoms with van der Waals surface area (Å²) in [5.74, 6) is 0.706. The summed E-state index contributed by atoms with van der Waals surface area (Å²) in [5, 5.41) is 0.602. The van der Waals surface area contributed by atoms with Crippen molar-refractivity contribution in [2.24, 2.45) is 0 Å². The van der Waals surface area contributed by atoms with E-state index in [4.69, 9.17) is 11.6 Å². The standard InChI is InChI=1S/C10H9BrClN3/c1-6-7(2)15(5-14-6)10-9(12)3-8(11)4-13-10/h3-5H,1-2H3. The molecule has 2 heterocycles. The van der Waals surface area contributed by atoms with Gasteiger partial charge in [0.05, 0.1) is 10.7 Å². The SMILES string of the molecule is Cc1ncn(-c2ncc(Br)cc2Cl)c1C. The van der Waals surface area contributed by atoms with Crippen LogP contribution < -0.4 is 0 Å². The molecule has 0 bridgehead atoms. The molecule has 0 atom stereocenters. The molecular formula is C10H9BrClN3. The Morgan fingerprint density at radius 1 is 1.33 bits per heavy atom. The Morgan fingerprint density at radius 2 is 2.07 bits per heavy atom. The minimum absolute atomic E-state index is 0.602. The van der Waals surface area contributed by atoms with Gasteiger partial charge in [-0.05, 0) is 35.8 Å². The molecule has 0 aliphatic rings. The number of aromatic nitrogens is 3. The maximum Gasteiger partial charge on any atom is 0.156 e. The van der Waals surface area contributed by atoms with E-state index >= 15 is 0 Å². The number of aryl methyl sites for hydroxylation is 1. The number of rotatable bonds is 1. The molecule has 0 spiro atoms. The fourth-order valence-corrected chi connectivity index (χ4v) is 2.02. The van der Waals surface area contributed by atoms with Crippen molar-refractivity contribution in [3.8, 4) is 5.82 Å². The molecule has 0 aliphatic carbocycles. The van der Waals surface area contributed by atoms with Crippen molar-refractivity contribution >= 4 is 27.5 Å². The first-order chi connectivity index (χ1) is 7.09. The molecule has 0 fully saturated rings. The fourth-order valence-electron chi connectivity index (χ4n) is 1.30. The van der Waals surface area contributed by atoms with Crippen molar-refractivity contribution in [2.45, 2.75) is 13.8 Å². The van der Waals surface area contributed by atoms with Crippen LogP contribution in [0.1, 0.15) is 11.4 Å². The van der Waals surface area contributed by atoms with E-state index in [1.807, 2.05) is 24.5 Å². The highest BCUT2D eigenvalue weighted by Crippen LogP contribution is 2.23. The molecule has 3 nitrogen and oxygen atoms in total. The highest BCUT2D eigenvalue weighted by Gasteiger charge is 2.09. The van der Waals surface area contributed by atoms with Crippen LogP contribution in [0.3, 0.4) is 0 Å². The number of hydrogen-bond donors (Lipinski definition) is 0. The third-order valence-corrected chi connectivity index (χ3v) is 2.98. The zero-order valence-electron chi connectivity index (χ0n) is 8.33. The van der Waals surface area contributed by atoms with Gasteiger partial charge in [0, 0.05) is 16.4 Å². The smallest absolute Gasteiger partial charge is 0.156 e. The predicted molar refractivity (Wildman–Crippen MR) is 63.5 cm³/mol. The maximum atomic E-state index is 6.10. The van der Waals surface area contributed by atoms with Gasteiger partial charge in [0.25, 0.3) is 0 Å². The molecule has 0 saturated carbocycles. The van der Waals surface area contributed by atoms with Crippen LogP contribution in [-0.2, 0) is 0 Å². The number of imidazole rings is 1. The van der Waals surface area contributed by atoms with Crippen molar-refractivity contribution in [2.75, 3.05) is 0 Å². The minimum atomic E-state index is 0.602. The Kier molecular flexibility index (Phi) is 2.80. The summed E-state index contributed by atoms with van der Waals surface area (Å²) < 4.78 is 2.75. The second-order valence-electron chi connectivity index (χ2n) is 3.24. The topological polar surface area (TPSA) is 30.7 Å². The van der Waals surface area contributed by atoms with Gasteiger partial charge in [-0.3, -0.25) is 4.57 Å². The number of nitrogens with zero attached hydrogens (tertiary/aromatic N) is 3. The lowest BCUT2D eigenvalue weighted by Crippen LogP contribution is -1.99. The molecule has 78 valence electrons. The van der Waals surface area contributed by atoms with E-state index in [0.717, 1.165) is 15.9 Å². The van der Waals surface area contributed by atoms with Gasteiger partial charge >= 0.3 is 0 Å². The lowest BCUT2D eigenvalue weighted by Gasteiger charge is -2.06. The molecule has 0 radical (unpaired) electrons. The van der Waals surface area contributed by atoms with Crippen LogP contribution >= 0.6 is 27.5 Å². The molecule has 15 heavy (non-hydrogen) atoms. The van der Waals surface area contributed by atoms with Crippen molar-refractivity contribution in [1.82, 2.24) is 14.5 Å². The van der Waals surface area contributed by atoms with Gasteiger partial charge in [0.1, 0.15) is 6.33 Å². The first-order valence-corrected chi connectivity index (χ1v) is 5.58. The van der Waals surface area contributed by atoms with Crippen LogP contribution in [0.15, 0.2) is 23.1 Å². The summed E-state index contributed by atoms with van der Waals surface area (Å²) in [4.78, 5) is 8.48. The third-order valence-electron chi connectivity index (χ3n) is 2.27. The summed E-state index contributed by atoms with van der Waals surface area (Å²) in [6.07, 6.45) is 3.45. The van der Waals surface area contributed by atoms with Crippen LogP contribution in [0.25, 0.3) is 5.82 Å². The monoisotopic (exact) mass is 285 g/mol. The normalized spacial score (nSPS) is 10.7. The van der Waals surface area contributed by atoms with Gasteiger partial charge < -0.3 is 0 Å². The van der Waals surface area contributed by atoms with Crippen molar-refractivity contribution in [3.63, 3.8) is 0 Å². The van der Waals surface area contributed by atoms with Gasteiger partial charge in [-0.15, -0.1) is 0 Å². The quantitative estimate of drug-likeness (QED) is 0.805. The molecule has 2 aromatic heterocycles. The van der Waals surface area contributed by atoms with E-state index in [1.165, 1.54) is 0 Å². The molecule has 0 unspecified atom stereocenters. The molecule has 5 heteroatoms. The average Bonchev–Trinajstić information content (AvgIpc) is 2.49. The first-order valence-electron chi connectivity index (χ1n) is 4.41. The largest absolute Gasteiger partial charge is 0.286 e. The number of hydrogen-bond acceptors (Lipinski definition) is 2. The molecular weight excluding hydrogens is 277 g/mol. The Balaban J connectivity index is 2.59. The van der Waals surface area contributed by atoms with Crippen molar-refractivity contribution < 1.29 is 0 Å². The Morgan fingerprint density at radius 3 is 2.60 bits per heavy atom. The summed E-state index contributed by atoms with van der Waals surface area (Å²) in [5.41, 5.74) is 2.03. The Hall–Kier alpha value is -0.870. The summed E-state index contributed by atoms with van der Waals surface area (Å²) in [6.45, 7) is 3.95. The second-order valence-corrected chi connectivity index (χ2v) is 4.57. The fraction of sp³-hybridized carbons (Fsp3) is 0.200. The zero-order valence-corrected chi connectivity index (χ0v) is 10.7. The van der Waals surface area contributed by atoms with Gasteiger partial charge in [-0.1, -0.05) is 11.6 Å². The van der Waals surface area contributed by atoms with Crippen molar-refractivity contribution in [3.05, 3.63) is 39.5 Å². The lowest BCUT2D eigenvalue weighted by molar-refractivity contribution is 0.949. The second kappa shape index (κ2) is 3.94. The lowest BCUT2D eigenvalue weighted by atomic mass is 10.3. The van der Waals surface area contributed by atoms with Crippen molar-refractivity contribution in [1.29, 1.82) is 0 Å². The molecule has 2 aromatic rings. The van der Waals surface area contributed by atoms with Crippen LogP contribution in [0.4, 0.5) is 0 Å². The number of halogens is 2. The van der Waals surface area contributed by atoms with Gasteiger partial charge in [0.2, 0.25) is 0 Å². The highest BCUT2D eigenvalue weighted by molar-refractivity contribution is 9.10. The number of pyridine rings is 1. The van der Waals surface area contributed by atoms with Gasteiger partial charge in [-0.25, -0.2) is 9.97 Å². The Labute approximate surface area is 101 Å². The van der Waals surface area contributed by atoms with E-state index < -0.39 is 0 Å². The molecule has 0 aliphatic heterocycles. The summed E-state index contributed by atoms with van der Waals surface area (Å²) in [7, 11) is 0. The van der Waals surface area contributed by atoms with E-state index in [0.29, 0.717) is 10.8 Å². The van der Waals surface area contributed by atoms with E-state index in [9.17, 15) is 0 Å².